The predicted octanol–water partition coefficient (Wildman–Crippen LogP) is 5.63. The van der Waals surface area contributed by atoms with Crippen molar-refractivity contribution in [1.82, 2.24) is 0 Å². The molecule has 3 rings (SSSR count). The van der Waals surface area contributed by atoms with Gasteiger partial charge in [0, 0.05) is 12.1 Å². The lowest BCUT2D eigenvalue weighted by Crippen LogP contribution is -2.52. The summed E-state index contributed by atoms with van der Waals surface area (Å²) >= 11 is 0. The molecule has 3 saturated carbocycles. The summed E-state index contributed by atoms with van der Waals surface area (Å²) in [6.45, 7) is 4.73. The van der Waals surface area contributed by atoms with E-state index < -0.39 is 0 Å². The molecule has 0 aromatic rings. The van der Waals surface area contributed by atoms with Gasteiger partial charge in [0.1, 0.15) is 0 Å². The normalized spacial score (nSPS) is 41.8. The second kappa shape index (κ2) is 8.74. The van der Waals surface area contributed by atoms with Crippen LogP contribution in [0.15, 0.2) is 0 Å². The maximum absolute atomic E-state index is 6.83. The Morgan fingerprint density at radius 1 is 0.800 bits per heavy atom. The lowest BCUT2D eigenvalue weighted by atomic mass is 9.52. The molecule has 3 aliphatic rings. The molecule has 0 aromatic carbocycles. The highest BCUT2D eigenvalue weighted by molar-refractivity contribution is 5.04. The first-order valence-electron chi connectivity index (χ1n) is 11.6. The molecule has 2 heteroatoms. The van der Waals surface area contributed by atoms with Crippen LogP contribution in [0.2, 0.25) is 0 Å². The fraction of sp³-hybridized carbons (Fsp3) is 1.00. The van der Waals surface area contributed by atoms with Crippen LogP contribution >= 0.6 is 0 Å². The molecule has 6 atom stereocenters. The van der Waals surface area contributed by atoms with Crippen molar-refractivity contribution in [2.24, 2.45) is 40.6 Å². The van der Waals surface area contributed by atoms with Crippen molar-refractivity contribution in [2.45, 2.75) is 116 Å². The van der Waals surface area contributed by atoms with Crippen LogP contribution in [0.25, 0.3) is 0 Å². The largest absolute Gasteiger partial charge is 0.328 e. The lowest BCUT2D eigenvalue weighted by molar-refractivity contribution is -0.0308. The van der Waals surface area contributed by atoms with Crippen molar-refractivity contribution in [3.63, 3.8) is 0 Å². The summed E-state index contributed by atoms with van der Waals surface area (Å²) in [5.41, 5.74) is 13.9. The van der Waals surface area contributed by atoms with Gasteiger partial charge in [-0.05, 0) is 80.5 Å². The van der Waals surface area contributed by atoms with Gasteiger partial charge in [0.2, 0.25) is 0 Å². The third-order valence-corrected chi connectivity index (χ3v) is 8.41. The van der Waals surface area contributed by atoms with E-state index in [0.717, 1.165) is 23.7 Å². The molecule has 25 heavy (non-hydrogen) atoms. The van der Waals surface area contributed by atoms with Crippen LogP contribution < -0.4 is 11.5 Å². The standard InChI is InChI=1S/C23H44N2/c1-3-7-17-9-12-22(25)21(15-17)23(13-5-6-14-23)20-16-19(24)11-10-18(20)8-4-2/h17-22H,3-16,24-25H2,1-2H3. The van der Waals surface area contributed by atoms with E-state index in [1.807, 2.05) is 0 Å². The van der Waals surface area contributed by atoms with Crippen molar-refractivity contribution in [3.8, 4) is 0 Å². The Kier molecular flexibility index (Phi) is 6.88. The van der Waals surface area contributed by atoms with Crippen LogP contribution in [0.3, 0.4) is 0 Å². The second-order valence-corrected chi connectivity index (χ2v) is 9.91. The fourth-order valence-corrected chi connectivity index (χ4v) is 7.35. The van der Waals surface area contributed by atoms with Gasteiger partial charge in [-0.2, -0.15) is 0 Å². The Balaban J connectivity index is 1.86. The molecular weight excluding hydrogens is 304 g/mol. The average Bonchev–Trinajstić information content (AvgIpc) is 3.09. The van der Waals surface area contributed by atoms with Crippen LogP contribution in [0.5, 0.6) is 0 Å². The Hall–Kier alpha value is -0.0800. The van der Waals surface area contributed by atoms with Gasteiger partial charge in [-0.1, -0.05) is 52.4 Å². The minimum Gasteiger partial charge on any atom is -0.328 e. The zero-order valence-electron chi connectivity index (χ0n) is 17.0. The quantitative estimate of drug-likeness (QED) is 0.653. The van der Waals surface area contributed by atoms with Crippen LogP contribution in [-0.2, 0) is 0 Å². The van der Waals surface area contributed by atoms with Crippen LogP contribution in [0.1, 0.15) is 104 Å². The third-order valence-electron chi connectivity index (χ3n) is 8.41. The highest BCUT2D eigenvalue weighted by Crippen LogP contribution is 2.59. The molecule has 0 aliphatic heterocycles. The summed E-state index contributed by atoms with van der Waals surface area (Å²) in [4.78, 5) is 0. The number of rotatable bonds is 6. The zero-order valence-corrected chi connectivity index (χ0v) is 17.0. The number of nitrogens with two attached hydrogens (primary N) is 2. The molecule has 146 valence electrons. The first-order chi connectivity index (χ1) is 12.1. The summed E-state index contributed by atoms with van der Waals surface area (Å²) in [5, 5.41) is 0. The topological polar surface area (TPSA) is 52.0 Å². The van der Waals surface area contributed by atoms with Crippen LogP contribution in [-0.4, -0.2) is 12.1 Å². The SMILES string of the molecule is CCCC1CCC(N)C(C2(C3CC(N)CCC3CCC)CCCC2)C1. The molecule has 3 aliphatic carbocycles. The Morgan fingerprint density at radius 2 is 1.52 bits per heavy atom. The summed E-state index contributed by atoms with van der Waals surface area (Å²) in [6, 6.07) is 0.897. The van der Waals surface area contributed by atoms with Crippen molar-refractivity contribution in [2.75, 3.05) is 0 Å². The highest BCUT2D eigenvalue weighted by atomic mass is 14.7. The first-order valence-corrected chi connectivity index (χ1v) is 11.6. The van der Waals surface area contributed by atoms with Crippen molar-refractivity contribution < 1.29 is 0 Å². The highest BCUT2D eigenvalue weighted by Gasteiger charge is 2.53. The molecule has 0 radical (unpaired) electrons. The summed E-state index contributed by atoms with van der Waals surface area (Å²) in [6.07, 6.45) is 19.3. The maximum atomic E-state index is 6.83. The van der Waals surface area contributed by atoms with E-state index in [-0.39, 0.29) is 0 Å². The Bertz CT molecular complexity index is 401. The molecule has 0 aromatic heterocycles. The van der Waals surface area contributed by atoms with Gasteiger partial charge >= 0.3 is 0 Å². The summed E-state index contributed by atoms with van der Waals surface area (Å²) in [5.74, 6) is 3.49. The Labute approximate surface area is 156 Å². The number of hydrogen-bond acceptors (Lipinski definition) is 2. The van der Waals surface area contributed by atoms with E-state index in [2.05, 4.69) is 13.8 Å². The minimum absolute atomic E-state index is 0.446. The van der Waals surface area contributed by atoms with E-state index in [9.17, 15) is 0 Å². The monoisotopic (exact) mass is 348 g/mol. The van der Waals surface area contributed by atoms with Crippen LogP contribution in [0.4, 0.5) is 0 Å². The Morgan fingerprint density at radius 3 is 2.20 bits per heavy atom. The molecule has 4 N–H and O–H groups in total. The minimum atomic E-state index is 0.446. The maximum Gasteiger partial charge on any atom is 0.00727 e. The van der Waals surface area contributed by atoms with Gasteiger partial charge in [-0.25, -0.2) is 0 Å². The van der Waals surface area contributed by atoms with E-state index in [0.29, 0.717) is 17.5 Å². The molecule has 0 saturated heterocycles. The van der Waals surface area contributed by atoms with Gasteiger partial charge in [0.05, 0.1) is 0 Å². The second-order valence-electron chi connectivity index (χ2n) is 9.91. The molecule has 6 unspecified atom stereocenters. The predicted molar refractivity (Wildman–Crippen MR) is 108 cm³/mol. The number of hydrogen-bond donors (Lipinski definition) is 2. The smallest absolute Gasteiger partial charge is 0.00727 e. The lowest BCUT2D eigenvalue weighted by Gasteiger charge is -2.54. The van der Waals surface area contributed by atoms with E-state index >= 15 is 0 Å². The van der Waals surface area contributed by atoms with Crippen molar-refractivity contribution >= 4 is 0 Å². The third kappa shape index (κ3) is 4.10. The van der Waals surface area contributed by atoms with Gasteiger partial charge in [-0.15, -0.1) is 0 Å². The van der Waals surface area contributed by atoms with Crippen molar-refractivity contribution in [3.05, 3.63) is 0 Å². The van der Waals surface area contributed by atoms with Crippen LogP contribution in [0, 0.1) is 29.1 Å². The van der Waals surface area contributed by atoms with Gasteiger partial charge < -0.3 is 11.5 Å². The molecule has 3 fully saturated rings. The molecular formula is C23H44N2. The van der Waals surface area contributed by atoms with E-state index in [1.54, 1.807) is 0 Å². The van der Waals surface area contributed by atoms with E-state index in [4.69, 9.17) is 11.5 Å². The summed E-state index contributed by atoms with van der Waals surface area (Å²) < 4.78 is 0. The fourth-order valence-electron chi connectivity index (χ4n) is 7.35. The van der Waals surface area contributed by atoms with Gasteiger partial charge in [-0.3, -0.25) is 0 Å². The molecule has 0 heterocycles. The molecule has 0 spiro atoms. The molecule has 0 bridgehead atoms. The van der Waals surface area contributed by atoms with Crippen molar-refractivity contribution in [1.29, 1.82) is 0 Å². The first kappa shape index (κ1) is 19.7. The molecule has 0 amide bonds. The van der Waals surface area contributed by atoms with Gasteiger partial charge in [0.25, 0.3) is 0 Å². The van der Waals surface area contributed by atoms with Gasteiger partial charge in [0.15, 0.2) is 0 Å². The zero-order chi connectivity index (χ0) is 17.9. The molecule has 2 nitrogen and oxygen atoms in total. The van der Waals surface area contributed by atoms with E-state index in [1.165, 1.54) is 89.9 Å². The summed E-state index contributed by atoms with van der Waals surface area (Å²) in [7, 11) is 0. The average molecular weight is 349 g/mol.